The Kier molecular flexibility index (Phi) is 8.14. The fraction of sp³-hybridized carbons (Fsp3) is 0.571. The summed E-state index contributed by atoms with van der Waals surface area (Å²) >= 11 is 0. The predicted molar refractivity (Wildman–Crippen MR) is 77.7 cm³/mol. The van der Waals surface area contributed by atoms with Crippen LogP contribution in [0, 0.1) is 5.92 Å². The largest absolute Gasteiger partial charge is 0.461 e. The van der Waals surface area contributed by atoms with E-state index in [1.54, 1.807) is 0 Å². The minimum absolute atomic E-state index is 0. The predicted octanol–water partition coefficient (Wildman–Crippen LogP) is 3.75. The van der Waals surface area contributed by atoms with Crippen LogP contribution >= 0.6 is 12.4 Å². The zero-order valence-corrected chi connectivity index (χ0v) is 13.0. The molecule has 0 saturated heterocycles. The summed E-state index contributed by atoms with van der Waals surface area (Å²) in [5.41, 5.74) is 6.39. The molecule has 22 heavy (non-hydrogen) atoms. The first kappa shape index (κ1) is 20.9. The van der Waals surface area contributed by atoms with Gasteiger partial charge in [-0.2, -0.15) is 17.6 Å². The number of alkyl halides is 4. The van der Waals surface area contributed by atoms with Crippen molar-refractivity contribution < 1.29 is 27.4 Å². The second kappa shape index (κ2) is 8.55. The molecule has 0 amide bonds. The molecule has 0 aromatic heterocycles. The SMILES string of the molecule is CCC(C)[C@@H](O)[C@@H](N)c1ccc(OC(F)(F)C(F)F)cc1.Cl. The number of halogens is 5. The highest BCUT2D eigenvalue weighted by atomic mass is 35.5. The Morgan fingerprint density at radius 3 is 2.14 bits per heavy atom. The molecule has 0 fully saturated rings. The van der Waals surface area contributed by atoms with Gasteiger partial charge in [0.25, 0.3) is 0 Å². The normalized spacial score (nSPS) is 15.9. The Hall–Kier alpha value is -1.05. The van der Waals surface area contributed by atoms with Gasteiger partial charge < -0.3 is 15.6 Å². The van der Waals surface area contributed by atoms with Crippen LogP contribution in [-0.2, 0) is 0 Å². The Labute approximate surface area is 132 Å². The molecule has 128 valence electrons. The lowest BCUT2D eigenvalue weighted by Crippen LogP contribution is -2.33. The fourth-order valence-corrected chi connectivity index (χ4v) is 1.75. The van der Waals surface area contributed by atoms with Gasteiger partial charge in [-0.15, -0.1) is 12.4 Å². The molecule has 1 rings (SSSR count). The first-order valence-corrected chi connectivity index (χ1v) is 6.57. The summed E-state index contributed by atoms with van der Waals surface area (Å²) < 4.78 is 53.4. The summed E-state index contributed by atoms with van der Waals surface area (Å²) in [6.45, 7) is 3.75. The van der Waals surface area contributed by atoms with Gasteiger partial charge >= 0.3 is 12.5 Å². The van der Waals surface area contributed by atoms with E-state index in [0.29, 0.717) is 5.56 Å². The van der Waals surface area contributed by atoms with Gasteiger partial charge in [0.15, 0.2) is 0 Å². The molecular weight excluding hydrogens is 326 g/mol. The van der Waals surface area contributed by atoms with Crippen molar-refractivity contribution in [2.45, 2.75) is 44.9 Å². The van der Waals surface area contributed by atoms with Gasteiger partial charge in [0.1, 0.15) is 5.75 Å². The summed E-state index contributed by atoms with van der Waals surface area (Å²) in [5, 5.41) is 9.99. The van der Waals surface area contributed by atoms with E-state index in [4.69, 9.17) is 5.73 Å². The molecule has 1 aromatic carbocycles. The summed E-state index contributed by atoms with van der Waals surface area (Å²) in [6.07, 6.45) is -8.51. The molecule has 0 radical (unpaired) electrons. The minimum Gasteiger partial charge on any atom is -0.428 e. The molecule has 8 heteroatoms. The fourth-order valence-electron chi connectivity index (χ4n) is 1.75. The molecule has 0 saturated carbocycles. The van der Waals surface area contributed by atoms with Crippen molar-refractivity contribution in [1.29, 1.82) is 0 Å². The molecule has 0 heterocycles. The van der Waals surface area contributed by atoms with E-state index in [0.717, 1.165) is 18.6 Å². The maximum atomic E-state index is 12.7. The van der Waals surface area contributed by atoms with Crippen LogP contribution in [0.5, 0.6) is 5.75 Å². The second-order valence-electron chi connectivity index (χ2n) is 4.94. The third-order valence-electron chi connectivity index (χ3n) is 3.37. The Bertz CT molecular complexity index is 445. The zero-order valence-electron chi connectivity index (χ0n) is 12.2. The Balaban J connectivity index is 0.00000441. The van der Waals surface area contributed by atoms with E-state index in [1.165, 1.54) is 12.1 Å². The van der Waals surface area contributed by atoms with Gasteiger partial charge in [0, 0.05) is 0 Å². The summed E-state index contributed by atoms with van der Waals surface area (Å²) in [5.74, 6) is -0.423. The second-order valence-corrected chi connectivity index (χ2v) is 4.94. The van der Waals surface area contributed by atoms with Crippen molar-refractivity contribution in [3.8, 4) is 5.75 Å². The van der Waals surface area contributed by atoms with Crippen molar-refractivity contribution in [3.05, 3.63) is 29.8 Å². The highest BCUT2D eigenvalue weighted by Crippen LogP contribution is 2.29. The molecule has 3 N–H and O–H groups in total. The summed E-state index contributed by atoms with van der Waals surface area (Å²) in [6, 6.07) is 4.29. The van der Waals surface area contributed by atoms with Gasteiger partial charge in [-0.1, -0.05) is 32.4 Å². The van der Waals surface area contributed by atoms with Crippen LogP contribution in [0.3, 0.4) is 0 Å². The average Bonchev–Trinajstić information content (AvgIpc) is 2.45. The van der Waals surface area contributed by atoms with Gasteiger partial charge in [-0.3, -0.25) is 0 Å². The molecule has 0 aliphatic carbocycles. The quantitative estimate of drug-likeness (QED) is 0.740. The van der Waals surface area contributed by atoms with Crippen LogP contribution in [0.2, 0.25) is 0 Å². The first-order valence-electron chi connectivity index (χ1n) is 6.57. The van der Waals surface area contributed by atoms with Crippen LogP contribution in [0.4, 0.5) is 17.6 Å². The molecule has 0 spiro atoms. The van der Waals surface area contributed by atoms with E-state index in [1.807, 2.05) is 13.8 Å². The number of benzene rings is 1. The lowest BCUT2D eigenvalue weighted by Gasteiger charge is -2.24. The Morgan fingerprint density at radius 2 is 1.73 bits per heavy atom. The lowest BCUT2D eigenvalue weighted by atomic mass is 9.92. The summed E-state index contributed by atoms with van der Waals surface area (Å²) in [4.78, 5) is 0. The maximum absolute atomic E-state index is 12.7. The number of aliphatic hydroxyl groups excluding tert-OH is 1. The zero-order chi connectivity index (χ0) is 16.2. The third kappa shape index (κ3) is 5.30. The number of rotatable bonds is 7. The van der Waals surface area contributed by atoms with E-state index in [9.17, 15) is 22.7 Å². The first-order chi connectivity index (χ1) is 9.69. The average molecular weight is 346 g/mol. The molecular formula is C14H20ClF4NO2. The molecule has 0 bridgehead atoms. The van der Waals surface area contributed by atoms with Gasteiger partial charge in [0.2, 0.25) is 0 Å². The summed E-state index contributed by atoms with van der Waals surface area (Å²) in [7, 11) is 0. The number of aliphatic hydroxyl groups is 1. The van der Waals surface area contributed by atoms with Crippen LogP contribution in [0.1, 0.15) is 31.9 Å². The molecule has 3 atom stereocenters. The number of hydrogen-bond acceptors (Lipinski definition) is 3. The maximum Gasteiger partial charge on any atom is 0.461 e. The van der Waals surface area contributed by atoms with Gasteiger partial charge in [0.05, 0.1) is 12.1 Å². The van der Waals surface area contributed by atoms with E-state index in [-0.39, 0.29) is 18.3 Å². The highest BCUT2D eigenvalue weighted by molar-refractivity contribution is 5.85. The van der Waals surface area contributed by atoms with Crippen LogP contribution in [-0.4, -0.2) is 23.7 Å². The monoisotopic (exact) mass is 345 g/mol. The van der Waals surface area contributed by atoms with Crippen LogP contribution in [0.15, 0.2) is 24.3 Å². The van der Waals surface area contributed by atoms with Gasteiger partial charge in [-0.25, -0.2) is 0 Å². The van der Waals surface area contributed by atoms with Gasteiger partial charge in [-0.05, 0) is 23.6 Å². The molecule has 3 nitrogen and oxygen atoms in total. The van der Waals surface area contributed by atoms with E-state index >= 15 is 0 Å². The van der Waals surface area contributed by atoms with Crippen molar-refractivity contribution in [3.63, 3.8) is 0 Å². The van der Waals surface area contributed by atoms with E-state index < -0.39 is 30.4 Å². The molecule has 1 unspecified atom stereocenters. The van der Waals surface area contributed by atoms with Crippen LogP contribution < -0.4 is 10.5 Å². The van der Waals surface area contributed by atoms with E-state index in [2.05, 4.69) is 4.74 Å². The minimum atomic E-state index is -4.54. The molecule has 0 aliphatic heterocycles. The van der Waals surface area contributed by atoms with Crippen molar-refractivity contribution >= 4 is 12.4 Å². The number of nitrogens with two attached hydrogens (primary N) is 1. The van der Waals surface area contributed by atoms with Crippen molar-refractivity contribution in [2.24, 2.45) is 11.7 Å². The van der Waals surface area contributed by atoms with Crippen molar-refractivity contribution in [1.82, 2.24) is 0 Å². The number of ether oxygens (including phenoxy) is 1. The standard InChI is InChI=1S/C14H19F4NO2.ClH/c1-3-8(2)12(20)11(19)9-4-6-10(7-5-9)21-14(17,18)13(15)16;/h4-8,11-13,20H,3,19H2,1-2H3;1H/t8?,11-,12+;/m0./s1. The van der Waals surface area contributed by atoms with Crippen LogP contribution in [0.25, 0.3) is 0 Å². The van der Waals surface area contributed by atoms with Crippen molar-refractivity contribution in [2.75, 3.05) is 0 Å². The number of hydrogen-bond donors (Lipinski definition) is 2. The lowest BCUT2D eigenvalue weighted by molar-refractivity contribution is -0.253. The topological polar surface area (TPSA) is 55.5 Å². The smallest absolute Gasteiger partial charge is 0.428 e. The molecule has 0 aliphatic rings. The third-order valence-corrected chi connectivity index (χ3v) is 3.37. The Morgan fingerprint density at radius 1 is 1.23 bits per heavy atom. The highest BCUT2D eigenvalue weighted by Gasteiger charge is 2.43. The molecule has 1 aromatic rings.